The first-order chi connectivity index (χ1) is 14.7. The summed E-state index contributed by atoms with van der Waals surface area (Å²) >= 11 is 12.3. The number of hydrogen-bond acceptors (Lipinski definition) is 5. The van der Waals surface area contributed by atoms with Crippen LogP contribution in [0.15, 0.2) is 65.5 Å². The fourth-order valence-electron chi connectivity index (χ4n) is 3.67. The molecule has 0 atom stereocenters. The van der Waals surface area contributed by atoms with E-state index in [9.17, 15) is 0 Å². The number of rotatable bonds is 4. The minimum Gasteiger partial charge on any atom is -0.460 e. The van der Waals surface area contributed by atoms with Gasteiger partial charge in [-0.25, -0.2) is 9.97 Å². The number of nitrogens with zero attached hydrogens (tertiary/aromatic N) is 4. The van der Waals surface area contributed by atoms with E-state index in [-0.39, 0.29) is 0 Å². The lowest BCUT2D eigenvalue weighted by molar-refractivity contribution is 0.224. The van der Waals surface area contributed by atoms with Gasteiger partial charge in [-0.15, -0.1) is 0 Å². The number of halogens is 2. The average Bonchev–Trinajstić information content (AvgIpc) is 3.22. The molecule has 0 N–H and O–H groups in total. The van der Waals surface area contributed by atoms with Crippen LogP contribution >= 0.6 is 23.2 Å². The summed E-state index contributed by atoms with van der Waals surface area (Å²) in [5.74, 6) is 2.39. The summed E-state index contributed by atoms with van der Waals surface area (Å²) in [6, 6.07) is 13.2. The van der Waals surface area contributed by atoms with Gasteiger partial charge in [0.2, 0.25) is 0 Å². The zero-order valence-corrected chi connectivity index (χ0v) is 17.6. The van der Waals surface area contributed by atoms with Gasteiger partial charge in [-0.2, -0.15) is 0 Å². The maximum atomic E-state index is 6.31. The van der Waals surface area contributed by atoms with E-state index in [0.717, 1.165) is 65.8 Å². The molecule has 0 fully saturated rings. The van der Waals surface area contributed by atoms with Crippen molar-refractivity contribution in [2.75, 3.05) is 6.54 Å². The van der Waals surface area contributed by atoms with Crippen molar-refractivity contribution in [3.63, 3.8) is 0 Å². The van der Waals surface area contributed by atoms with Gasteiger partial charge in [-0.3, -0.25) is 9.88 Å². The second-order valence-corrected chi connectivity index (χ2v) is 8.10. The molecule has 5 rings (SSSR count). The van der Waals surface area contributed by atoms with E-state index in [4.69, 9.17) is 32.6 Å². The Hall–Kier alpha value is -2.73. The second kappa shape index (κ2) is 8.19. The lowest BCUT2D eigenvalue weighted by atomic mass is 10.1. The van der Waals surface area contributed by atoms with Crippen molar-refractivity contribution in [3.05, 3.63) is 88.1 Å². The number of furan rings is 1. The summed E-state index contributed by atoms with van der Waals surface area (Å²) in [5, 5.41) is 1.19. The Morgan fingerprint density at radius 2 is 1.90 bits per heavy atom. The van der Waals surface area contributed by atoms with Gasteiger partial charge in [0.15, 0.2) is 5.82 Å². The molecule has 4 heterocycles. The predicted molar refractivity (Wildman–Crippen MR) is 117 cm³/mol. The lowest BCUT2D eigenvalue weighted by Crippen LogP contribution is -2.30. The summed E-state index contributed by atoms with van der Waals surface area (Å²) in [4.78, 5) is 15.7. The summed E-state index contributed by atoms with van der Waals surface area (Å²) in [7, 11) is 0. The topological polar surface area (TPSA) is 55.1 Å². The number of benzene rings is 1. The quantitative estimate of drug-likeness (QED) is 0.412. The third-order valence-corrected chi connectivity index (χ3v) is 5.74. The molecule has 0 unspecified atom stereocenters. The molecule has 7 heteroatoms. The SMILES string of the molecule is Clc1ccc(-c2ccc(CN3CCc4nc(-c5ccncc5)ncc4C3)o2)c(Cl)c1. The van der Waals surface area contributed by atoms with Gasteiger partial charge >= 0.3 is 0 Å². The number of pyridine rings is 1. The van der Waals surface area contributed by atoms with Crippen LogP contribution in [0.2, 0.25) is 10.0 Å². The van der Waals surface area contributed by atoms with Crippen molar-refractivity contribution in [3.8, 4) is 22.7 Å². The molecule has 1 aromatic carbocycles. The fourth-order valence-corrected chi connectivity index (χ4v) is 4.17. The van der Waals surface area contributed by atoms with Crippen LogP contribution < -0.4 is 0 Å². The Morgan fingerprint density at radius 1 is 1.03 bits per heavy atom. The van der Waals surface area contributed by atoms with E-state index in [2.05, 4.69) is 14.9 Å². The lowest BCUT2D eigenvalue weighted by Gasteiger charge is -2.27. The fraction of sp³-hybridized carbons (Fsp3) is 0.174. The van der Waals surface area contributed by atoms with Gasteiger partial charge in [0.05, 0.1) is 17.3 Å². The summed E-state index contributed by atoms with van der Waals surface area (Å²) in [6.45, 7) is 2.43. The minimum atomic E-state index is 0.581. The Bertz CT molecular complexity index is 1190. The van der Waals surface area contributed by atoms with Crippen LogP contribution in [-0.4, -0.2) is 26.4 Å². The van der Waals surface area contributed by atoms with Gasteiger partial charge in [0, 0.05) is 59.8 Å². The van der Waals surface area contributed by atoms with Crippen LogP contribution in [0.4, 0.5) is 0 Å². The van der Waals surface area contributed by atoms with Crippen molar-refractivity contribution >= 4 is 23.2 Å². The van der Waals surface area contributed by atoms with E-state index in [1.165, 1.54) is 0 Å². The van der Waals surface area contributed by atoms with Crippen LogP contribution in [-0.2, 0) is 19.5 Å². The van der Waals surface area contributed by atoms with Crippen molar-refractivity contribution in [1.82, 2.24) is 19.9 Å². The van der Waals surface area contributed by atoms with Gasteiger partial charge in [0.1, 0.15) is 11.5 Å². The molecule has 3 aromatic heterocycles. The molecule has 150 valence electrons. The van der Waals surface area contributed by atoms with Crippen molar-refractivity contribution in [1.29, 1.82) is 0 Å². The van der Waals surface area contributed by atoms with E-state index >= 15 is 0 Å². The maximum Gasteiger partial charge on any atom is 0.159 e. The first-order valence-corrected chi connectivity index (χ1v) is 10.4. The molecule has 0 amide bonds. The minimum absolute atomic E-state index is 0.581. The Labute approximate surface area is 184 Å². The van der Waals surface area contributed by atoms with Crippen molar-refractivity contribution in [2.24, 2.45) is 0 Å². The van der Waals surface area contributed by atoms with Crippen LogP contribution in [0.1, 0.15) is 17.0 Å². The molecule has 0 aliphatic carbocycles. The molecule has 30 heavy (non-hydrogen) atoms. The normalized spacial score (nSPS) is 13.9. The zero-order valence-electron chi connectivity index (χ0n) is 16.1. The predicted octanol–water partition coefficient (Wildman–Crippen LogP) is 5.66. The molecule has 0 saturated heterocycles. The molecular weight excluding hydrogens is 419 g/mol. The molecule has 0 spiro atoms. The molecule has 1 aliphatic rings. The number of fused-ring (bicyclic) bond motifs is 1. The molecule has 0 bridgehead atoms. The van der Waals surface area contributed by atoms with Gasteiger partial charge in [0.25, 0.3) is 0 Å². The van der Waals surface area contributed by atoms with Crippen LogP contribution in [0.3, 0.4) is 0 Å². The molecular formula is C23H18Cl2N4O. The summed E-state index contributed by atoms with van der Waals surface area (Å²) in [5.41, 5.74) is 4.10. The Kier molecular flexibility index (Phi) is 5.25. The highest BCUT2D eigenvalue weighted by Gasteiger charge is 2.20. The molecule has 1 aliphatic heterocycles. The number of aromatic nitrogens is 3. The van der Waals surface area contributed by atoms with E-state index < -0.39 is 0 Å². The van der Waals surface area contributed by atoms with E-state index in [1.807, 2.05) is 42.6 Å². The smallest absolute Gasteiger partial charge is 0.159 e. The maximum absolute atomic E-state index is 6.31. The highest BCUT2D eigenvalue weighted by Crippen LogP contribution is 2.32. The average molecular weight is 437 g/mol. The third-order valence-electron chi connectivity index (χ3n) is 5.19. The summed E-state index contributed by atoms with van der Waals surface area (Å²) in [6.07, 6.45) is 6.33. The second-order valence-electron chi connectivity index (χ2n) is 7.25. The highest BCUT2D eigenvalue weighted by atomic mass is 35.5. The van der Waals surface area contributed by atoms with E-state index in [1.54, 1.807) is 18.5 Å². The Morgan fingerprint density at radius 3 is 2.73 bits per heavy atom. The van der Waals surface area contributed by atoms with Gasteiger partial charge < -0.3 is 4.42 Å². The standard InChI is InChI=1S/C23H18Cl2N4O/c24-17-1-3-19(20(25)11-17)22-4-2-18(30-22)14-29-10-7-21-16(13-29)12-27-23(28-21)15-5-8-26-9-6-15/h1-6,8-9,11-12H,7,10,13-14H2. The monoisotopic (exact) mass is 436 g/mol. The van der Waals surface area contributed by atoms with Crippen LogP contribution in [0.25, 0.3) is 22.7 Å². The largest absolute Gasteiger partial charge is 0.460 e. The van der Waals surface area contributed by atoms with E-state index in [0.29, 0.717) is 10.0 Å². The zero-order chi connectivity index (χ0) is 20.5. The molecule has 4 aromatic rings. The van der Waals surface area contributed by atoms with Gasteiger partial charge in [-0.1, -0.05) is 23.2 Å². The number of hydrogen-bond donors (Lipinski definition) is 0. The first-order valence-electron chi connectivity index (χ1n) is 9.67. The summed E-state index contributed by atoms with van der Waals surface area (Å²) < 4.78 is 6.05. The molecule has 0 saturated carbocycles. The van der Waals surface area contributed by atoms with Crippen LogP contribution in [0.5, 0.6) is 0 Å². The molecule has 5 nitrogen and oxygen atoms in total. The Balaban J connectivity index is 1.30. The van der Waals surface area contributed by atoms with Crippen molar-refractivity contribution in [2.45, 2.75) is 19.5 Å². The first kappa shape index (κ1) is 19.2. The van der Waals surface area contributed by atoms with Crippen molar-refractivity contribution < 1.29 is 4.42 Å². The third kappa shape index (κ3) is 3.97. The van der Waals surface area contributed by atoms with Crippen LogP contribution in [0, 0.1) is 0 Å². The highest BCUT2D eigenvalue weighted by molar-refractivity contribution is 6.36. The van der Waals surface area contributed by atoms with Gasteiger partial charge in [-0.05, 0) is 42.5 Å². The molecule has 0 radical (unpaired) electrons.